The van der Waals surface area contributed by atoms with Gasteiger partial charge in [0.2, 0.25) is 0 Å². The molecule has 1 aromatic rings. The van der Waals surface area contributed by atoms with Gasteiger partial charge < -0.3 is 0 Å². The summed E-state index contributed by atoms with van der Waals surface area (Å²) in [4.78, 5) is 14.4. The molecule has 0 radical (unpaired) electrons. The average molecular weight is 207 g/mol. The van der Waals surface area contributed by atoms with E-state index in [9.17, 15) is 4.79 Å². The van der Waals surface area contributed by atoms with E-state index in [0.29, 0.717) is 5.56 Å². The van der Waals surface area contributed by atoms with E-state index in [2.05, 4.69) is 34.9 Å². The van der Waals surface area contributed by atoms with Crippen LogP contribution in [0.2, 0.25) is 0 Å². The minimum Gasteiger partial charge on any atom is -0.298 e. The van der Waals surface area contributed by atoms with E-state index in [1.165, 1.54) is 6.20 Å². The molecule has 1 heterocycles. The fourth-order valence-electron chi connectivity index (χ4n) is 0.754. The van der Waals surface area contributed by atoms with Crippen molar-refractivity contribution in [2.24, 2.45) is 0 Å². The highest BCUT2D eigenvalue weighted by molar-refractivity contribution is 8.35. The number of aldehydes is 1. The fraction of sp³-hybridized carbons (Fsp3) is 0.273. The Morgan fingerprint density at radius 3 is 2.50 bits per heavy atom. The van der Waals surface area contributed by atoms with Crippen LogP contribution in [0, 0.1) is 11.2 Å². The van der Waals surface area contributed by atoms with Crippen molar-refractivity contribution in [3.05, 3.63) is 29.6 Å². The van der Waals surface area contributed by atoms with E-state index in [0.717, 1.165) is 12.0 Å². The predicted octanol–water partition coefficient (Wildman–Crippen LogP) is 1.90. The van der Waals surface area contributed by atoms with E-state index in [1.807, 2.05) is 0 Å². The third-order valence-electron chi connectivity index (χ3n) is 1.41. The number of nitrogens with zero attached hydrogens (tertiary/aromatic N) is 1. The maximum atomic E-state index is 10.4. The van der Waals surface area contributed by atoms with Crippen molar-refractivity contribution in [2.45, 2.75) is 0 Å². The lowest BCUT2D eigenvalue weighted by molar-refractivity contribution is 0.112. The van der Waals surface area contributed by atoms with Crippen molar-refractivity contribution < 1.29 is 4.79 Å². The van der Waals surface area contributed by atoms with Gasteiger partial charge in [0.05, 0.1) is 0 Å². The van der Waals surface area contributed by atoms with Crippen LogP contribution in [-0.2, 0) is 0 Å². The van der Waals surface area contributed by atoms with Gasteiger partial charge in [-0.1, -0.05) is 0 Å². The van der Waals surface area contributed by atoms with Crippen LogP contribution < -0.4 is 0 Å². The molecule has 0 N–H and O–H groups in total. The molecule has 0 fully saturated rings. The molecule has 1 rings (SSSR count). The molecule has 0 unspecified atom stereocenters. The molecule has 3 heteroatoms. The van der Waals surface area contributed by atoms with Gasteiger partial charge >= 0.3 is 0 Å². The molecule has 0 saturated heterocycles. The zero-order valence-corrected chi connectivity index (χ0v) is 9.39. The van der Waals surface area contributed by atoms with Crippen molar-refractivity contribution in [3.8, 4) is 11.2 Å². The van der Waals surface area contributed by atoms with Crippen LogP contribution in [0.1, 0.15) is 16.1 Å². The monoisotopic (exact) mass is 207 g/mol. The van der Waals surface area contributed by atoms with Gasteiger partial charge in [-0.25, -0.2) is 4.98 Å². The van der Waals surface area contributed by atoms with Crippen LogP contribution in [-0.4, -0.2) is 30.0 Å². The lowest BCUT2D eigenvalue weighted by Crippen LogP contribution is -1.88. The number of carbonyl (C=O) groups excluding carboxylic acids is 1. The van der Waals surface area contributed by atoms with Crippen LogP contribution in [0.5, 0.6) is 0 Å². The second-order valence-corrected chi connectivity index (χ2v) is 7.54. The molecule has 74 valence electrons. The van der Waals surface area contributed by atoms with Crippen LogP contribution in [0.3, 0.4) is 0 Å². The zero-order valence-electron chi connectivity index (χ0n) is 8.57. The number of carbonyl (C=O) groups is 1. The van der Waals surface area contributed by atoms with E-state index >= 15 is 0 Å². The quantitative estimate of drug-likeness (QED) is 0.520. The number of hydrogen-bond donors (Lipinski definition) is 0. The maximum Gasteiger partial charge on any atom is 0.151 e. The van der Waals surface area contributed by atoms with Gasteiger partial charge in [-0.2, -0.15) is 10.0 Å². The SMILES string of the molecule is CS(C)(C)C#Cc1ccc(C=O)cn1. The smallest absolute Gasteiger partial charge is 0.151 e. The van der Waals surface area contributed by atoms with E-state index in [-0.39, 0.29) is 0 Å². The summed E-state index contributed by atoms with van der Waals surface area (Å²) in [6.07, 6.45) is 8.69. The Hall–Kier alpha value is -1.27. The van der Waals surface area contributed by atoms with E-state index in [1.54, 1.807) is 12.1 Å². The minimum absolute atomic E-state index is 0.582. The van der Waals surface area contributed by atoms with Gasteiger partial charge in [-0.3, -0.25) is 4.79 Å². The number of aromatic nitrogens is 1. The highest BCUT2D eigenvalue weighted by Gasteiger charge is 1.96. The van der Waals surface area contributed by atoms with Crippen molar-refractivity contribution in [2.75, 3.05) is 18.8 Å². The van der Waals surface area contributed by atoms with Crippen LogP contribution in [0.15, 0.2) is 18.3 Å². The van der Waals surface area contributed by atoms with Gasteiger partial charge in [0.15, 0.2) is 6.29 Å². The molecule has 0 atom stereocenters. The molecule has 0 bridgehead atoms. The molecule has 0 aliphatic rings. The summed E-state index contributed by atoms with van der Waals surface area (Å²) in [5, 5.41) is 3.16. The lowest BCUT2D eigenvalue weighted by Gasteiger charge is -2.14. The van der Waals surface area contributed by atoms with Crippen molar-refractivity contribution in [3.63, 3.8) is 0 Å². The summed E-state index contributed by atoms with van der Waals surface area (Å²) in [5.41, 5.74) is 1.30. The Bertz CT molecular complexity index is 378. The summed E-state index contributed by atoms with van der Waals surface area (Å²) < 4.78 is 0. The summed E-state index contributed by atoms with van der Waals surface area (Å²) >= 11 is 0. The third kappa shape index (κ3) is 3.63. The minimum atomic E-state index is -0.809. The largest absolute Gasteiger partial charge is 0.298 e. The first-order valence-electron chi connectivity index (χ1n) is 4.13. The topological polar surface area (TPSA) is 30.0 Å². The van der Waals surface area contributed by atoms with Crippen molar-refractivity contribution in [1.29, 1.82) is 0 Å². The maximum absolute atomic E-state index is 10.4. The molecule has 0 aromatic carbocycles. The molecule has 2 nitrogen and oxygen atoms in total. The Morgan fingerprint density at radius 2 is 2.07 bits per heavy atom. The first kappa shape index (κ1) is 10.8. The molecule has 1 aromatic heterocycles. The Kier molecular flexibility index (Phi) is 3.32. The average Bonchev–Trinajstić information content (AvgIpc) is 2.14. The van der Waals surface area contributed by atoms with Crippen molar-refractivity contribution in [1.82, 2.24) is 4.98 Å². The first-order chi connectivity index (χ1) is 6.51. The van der Waals surface area contributed by atoms with Gasteiger partial charge in [-0.15, -0.1) is 0 Å². The normalized spacial score (nSPS) is 11.4. The second-order valence-electron chi connectivity index (χ2n) is 3.66. The molecule has 0 spiro atoms. The molecule has 0 aliphatic carbocycles. The molecule has 0 aliphatic heterocycles. The molecule has 0 saturated carbocycles. The lowest BCUT2D eigenvalue weighted by atomic mass is 10.3. The highest BCUT2D eigenvalue weighted by atomic mass is 32.3. The molecule has 14 heavy (non-hydrogen) atoms. The Labute approximate surface area is 86.1 Å². The van der Waals surface area contributed by atoms with Gasteiger partial charge in [0, 0.05) is 11.8 Å². The van der Waals surface area contributed by atoms with E-state index in [4.69, 9.17) is 0 Å². The first-order valence-corrected chi connectivity index (χ1v) is 6.99. The third-order valence-corrected chi connectivity index (χ3v) is 2.12. The standard InChI is InChI=1S/C11H13NOS/c1-14(2,3)7-6-11-5-4-10(9-13)8-12-11/h4-5,8-9H,1-3H3. The fourth-order valence-corrected chi connectivity index (χ4v) is 1.17. The van der Waals surface area contributed by atoms with Crippen LogP contribution in [0.4, 0.5) is 0 Å². The number of hydrogen-bond acceptors (Lipinski definition) is 2. The summed E-state index contributed by atoms with van der Waals surface area (Å²) in [7, 11) is -0.809. The Balaban J connectivity index is 2.87. The van der Waals surface area contributed by atoms with Crippen LogP contribution >= 0.6 is 10.0 Å². The van der Waals surface area contributed by atoms with E-state index < -0.39 is 10.0 Å². The summed E-state index contributed by atoms with van der Waals surface area (Å²) in [6, 6.07) is 3.49. The van der Waals surface area contributed by atoms with Crippen molar-refractivity contribution >= 4 is 16.3 Å². The zero-order chi connectivity index (χ0) is 10.6. The summed E-state index contributed by atoms with van der Waals surface area (Å²) in [6.45, 7) is 0. The molecule has 0 amide bonds. The molecular weight excluding hydrogens is 194 g/mol. The Morgan fingerprint density at radius 1 is 1.36 bits per heavy atom. The molecular formula is C11H13NOS. The van der Waals surface area contributed by atoms with Gasteiger partial charge in [0.1, 0.15) is 5.69 Å². The highest BCUT2D eigenvalue weighted by Crippen LogP contribution is 2.32. The number of rotatable bonds is 1. The number of pyridine rings is 1. The van der Waals surface area contributed by atoms with Crippen LogP contribution in [0.25, 0.3) is 0 Å². The summed E-state index contributed by atoms with van der Waals surface area (Å²) in [5.74, 6) is 3.00. The predicted molar refractivity (Wildman–Crippen MR) is 61.9 cm³/mol. The van der Waals surface area contributed by atoms with Gasteiger partial charge in [0.25, 0.3) is 0 Å². The second kappa shape index (κ2) is 4.30. The van der Waals surface area contributed by atoms with Gasteiger partial charge in [-0.05, 0) is 42.1 Å².